The summed E-state index contributed by atoms with van der Waals surface area (Å²) in [6.07, 6.45) is 35.0. The summed E-state index contributed by atoms with van der Waals surface area (Å²) in [4.78, 5) is 0. The van der Waals surface area contributed by atoms with Gasteiger partial charge in [0.05, 0.1) is 11.4 Å². The molecule has 4 heteroatoms. The molecule has 8 rings (SSSR count). The Hall–Kier alpha value is -0.840. The summed E-state index contributed by atoms with van der Waals surface area (Å²) in [5.41, 5.74) is 8.15. The first-order valence-electron chi connectivity index (χ1n) is 19.5. The molecule has 240 valence electrons. The maximum atomic E-state index is 6.41. The molecule has 6 saturated carbocycles. The molecule has 2 aromatic rings. The fraction of sp³-hybridized carbons (Fsp3) is 0.750. The van der Waals surface area contributed by atoms with Gasteiger partial charge in [0.15, 0.2) is 0 Å². The molecule has 0 radical (unpaired) electrons. The fourth-order valence-corrected chi connectivity index (χ4v) is 24.8. The van der Waals surface area contributed by atoms with Crippen LogP contribution in [0.1, 0.15) is 154 Å². The molecule has 0 N–H and O–H groups in total. The summed E-state index contributed by atoms with van der Waals surface area (Å²) in [5, 5.41) is 2.88. The Morgan fingerprint density at radius 3 is 0.864 bits per heavy atom. The van der Waals surface area contributed by atoms with Gasteiger partial charge in [-0.05, 0) is 143 Å². The van der Waals surface area contributed by atoms with Crippen LogP contribution >= 0.6 is 14.1 Å². The fourth-order valence-electron chi connectivity index (χ4n) is 12.0. The van der Waals surface area contributed by atoms with Crippen molar-refractivity contribution in [1.29, 1.82) is 0 Å². The van der Waals surface area contributed by atoms with Crippen LogP contribution in [0.2, 0.25) is 0 Å². The lowest BCUT2D eigenvalue weighted by atomic mass is 10.1. The number of rotatable bonds is 8. The van der Waals surface area contributed by atoms with Crippen molar-refractivity contribution in [2.75, 3.05) is 0 Å². The van der Waals surface area contributed by atoms with E-state index in [9.17, 15) is 0 Å². The number of hydrogen-bond acceptors (Lipinski definition) is 2. The van der Waals surface area contributed by atoms with Crippen molar-refractivity contribution in [1.82, 2.24) is 0 Å². The lowest BCUT2D eigenvalue weighted by Gasteiger charge is -2.42. The molecule has 6 fully saturated rings. The smallest absolute Gasteiger partial charge is 0.0713 e. The van der Waals surface area contributed by atoms with Crippen LogP contribution in [0.3, 0.4) is 0 Å². The van der Waals surface area contributed by atoms with Crippen LogP contribution in [0.5, 0.6) is 0 Å². The highest BCUT2D eigenvalue weighted by Crippen LogP contribution is 2.75. The predicted octanol–water partition coefficient (Wildman–Crippen LogP) is 14.2. The van der Waals surface area contributed by atoms with Gasteiger partial charge in [-0.15, -0.1) is 0 Å². The molecule has 6 aliphatic carbocycles. The van der Waals surface area contributed by atoms with E-state index in [1.807, 2.05) is 0 Å². The summed E-state index contributed by atoms with van der Waals surface area (Å²) in [6.45, 7) is 0. The average Bonchev–Trinajstić information content (AvgIpc) is 3.91. The Kier molecular flexibility index (Phi) is 9.25. The lowest BCUT2D eigenvalue weighted by Crippen LogP contribution is -2.23. The molecule has 0 atom stereocenters. The van der Waals surface area contributed by atoms with E-state index in [0.717, 1.165) is 34.0 Å². The maximum Gasteiger partial charge on any atom is 0.0713 e. The SMILES string of the molecule is c1cc(N=P(C2CCCC2)(C2CCCC2)C2CCCC2)c2c(N=P(C3CCCC3)(C3CCCC3)C3CCCC3)cccc2c1. The van der Waals surface area contributed by atoms with Crippen molar-refractivity contribution in [2.45, 2.75) is 188 Å². The van der Waals surface area contributed by atoms with Crippen molar-refractivity contribution >= 4 is 36.3 Å². The Bertz CT molecular complexity index is 1190. The second-order valence-corrected chi connectivity index (χ2v) is 24.0. The normalized spacial score (nSPS) is 25.7. The second-order valence-electron chi connectivity index (χ2n) is 16.1. The van der Waals surface area contributed by atoms with Gasteiger partial charge in [-0.2, -0.15) is 0 Å². The average molecular weight is 631 g/mol. The van der Waals surface area contributed by atoms with E-state index in [-0.39, 0.29) is 0 Å². The summed E-state index contributed by atoms with van der Waals surface area (Å²) < 4.78 is 12.8. The van der Waals surface area contributed by atoms with E-state index in [1.165, 1.54) is 176 Å². The van der Waals surface area contributed by atoms with Crippen molar-refractivity contribution in [3.8, 4) is 0 Å². The number of benzene rings is 2. The Morgan fingerprint density at radius 2 is 0.614 bits per heavy atom. The van der Waals surface area contributed by atoms with Gasteiger partial charge in [0.25, 0.3) is 0 Å². The third-order valence-corrected chi connectivity index (χ3v) is 25.1. The molecule has 2 aromatic carbocycles. The van der Waals surface area contributed by atoms with Crippen molar-refractivity contribution < 1.29 is 0 Å². The van der Waals surface area contributed by atoms with E-state index in [2.05, 4.69) is 36.4 Å². The summed E-state index contributed by atoms with van der Waals surface area (Å²) >= 11 is 0. The Labute approximate surface area is 269 Å². The van der Waals surface area contributed by atoms with E-state index < -0.39 is 14.1 Å². The molecular formula is C40H60N2P2. The molecule has 2 nitrogen and oxygen atoms in total. The molecule has 0 bridgehead atoms. The Morgan fingerprint density at radius 1 is 0.364 bits per heavy atom. The molecule has 6 aliphatic rings. The number of fused-ring (bicyclic) bond motifs is 1. The first kappa shape index (κ1) is 30.5. The summed E-state index contributed by atoms with van der Waals surface area (Å²) in [5.74, 6) is 0. The number of nitrogens with zero attached hydrogens (tertiary/aromatic N) is 2. The molecule has 0 heterocycles. The van der Waals surface area contributed by atoms with Crippen LogP contribution in [0.25, 0.3) is 10.8 Å². The van der Waals surface area contributed by atoms with Gasteiger partial charge in [-0.1, -0.05) is 101 Å². The largest absolute Gasteiger partial charge is 0.266 e. The van der Waals surface area contributed by atoms with Gasteiger partial charge in [0, 0.05) is 5.39 Å². The molecule has 0 amide bonds. The third kappa shape index (κ3) is 5.37. The van der Waals surface area contributed by atoms with Gasteiger partial charge < -0.3 is 0 Å². The highest BCUT2D eigenvalue weighted by Gasteiger charge is 2.48. The number of hydrogen-bond donors (Lipinski definition) is 0. The van der Waals surface area contributed by atoms with Crippen LogP contribution in [0.4, 0.5) is 11.4 Å². The van der Waals surface area contributed by atoms with Crippen LogP contribution in [-0.4, -0.2) is 34.0 Å². The summed E-state index contributed by atoms with van der Waals surface area (Å²) in [6, 6.07) is 14.4. The highest BCUT2D eigenvalue weighted by atomic mass is 31.2. The minimum atomic E-state index is -1.51. The van der Waals surface area contributed by atoms with Gasteiger partial charge in [0.1, 0.15) is 0 Å². The zero-order chi connectivity index (χ0) is 29.4. The molecule has 44 heavy (non-hydrogen) atoms. The van der Waals surface area contributed by atoms with Gasteiger partial charge in [-0.25, -0.2) is 0 Å². The molecule has 0 unspecified atom stereocenters. The van der Waals surface area contributed by atoms with Crippen LogP contribution in [-0.2, 0) is 0 Å². The molecule has 0 aliphatic heterocycles. The first-order chi connectivity index (χ1) is 21.8. The molecule has 0 saturated heterocycles. The van der Waals surface area contributed by atoms with E-state index in [1.54, 1.807) is 0 Å². The van der Waals surface area contributed by atoms with Crippen LogP contribution in [0, 0.1) is 0 Å². The van der Waals surface area contributed by atoms with E-state index in [4.69, 9.17) is 9.49 Å². The van der Waals surface area contributed by atoms with E-state index in [0.29, 0.717) is 0 Å². The molecule has 0 spiro atoms. The van der Waals surface area contributed by atoms with E-state index >= 15 is 0 Å². The van der Waals surface area contributed by atoms with Crippen LogP contribution in [0.15, 0.2) is 45.9 Å². The maximum absolute atomic E-state index is 6.41. The molecular weight excluding hydrogens is 570 g/mol. The Balaban J connectivity index is 1.37. The van der Waals surface area contributed by atoms with Gasteiger partial charge in [-0.3, -0.25) is 9.49 Å². The van der Waals surface area contributed by atoms with Crippen molar-refractivity contribution in [3.05, 3.63) is 36.4 Å². The zero-order valence-corrected chi connectivity index (χ0v) is 29.5. The standard InChI is InChI=1S/C40H60N2P2/c1-2-18-32(17-1)43(33-19-3-4-20-33,34-21-5-6-22-34)41-38-29-13-15-31-16-14-30-39(40(31)38)42-44(35-23-7-8-24-35,36-25-9-10-26-36)37-27-11-12-28-37/h13-16,29-30,32-37H,1-12,17-28H2. The molecule has 0 aromatic heterocycles. The quantitative estimate of drug-likeness (QED) is 0.259. The minimum absolute atomic E-state index is 0.898. The lowest BCUT2D eigenvalue weighted by molar-refractivity contribution is 0.761. The highest BCUT2D eigenvalue weighted by molar-refractivity contribution is 7.69. The zero-order valence-electron chi connectivity index (χ0n) is 27.7. The second kappa shape index (κ2) is 13.3. The third-order valence-electron chi connectivity index (χ3n) is 13.9. The van der Waals surface area contributed by atoms with Crippen LogP contribution < -0.4 is 0 Å². The van der Waals surface area contributed by atoms with Gasteiger partial charge in [0.2, 0.25) is 0 Å². The van der Waals surface area contributed by atoms with Crippen molar-refractivity contribution in [3.63, 3.8) is 0 Å². The van der Waals surface area contributed by atoms with Crippen molar-refractivity contribution in [2.24, 2.45) is 9.49 Å². The topological polar surface area (TPSA) is 24.7 Å². The van der Waals surface area contributed by atoms with Gasteiger partial charge >= 0.3 is 0 Å². The monoisotopic (exact) mass is 630 g/mol. The summed E-state index contributed by atoms with van der Waals surface area (Å²) in [7, 11) is -3.01. The first-order valence-corrected chi connectivity index (χ1v) is 23.4. The minimum Gasteiger partial charge on any atom is -0.266 e. The predicted molar refractivity (Wildman–Crippen MR) is 195 cm³/mol.